The highest BCUT2D eigenvalue weighted by atomic mass is 16.2. The Morgan fingerprint density at radius 1 is 1.03 bits per heavy atom. The van der Waals surface area contributed by atoms with Gasteiger partial charge in [0.05, 0.1) is 17.2 Å². The van der Waals surface area contributed by atoms with Crippen LogP contribution in [0.2, 0.25) is 0 Å². The van der Waals surface area contributed by atoms with Crippen LogP contribution in [0.1, 0.15) is 12.7 Å². The molecule has 1 saturated heterocycles. The predicted molar refractivity (Wildman–Crippen MR) is 111 cm³/mol. The van der Waals surface area contributed by atoms with Crippen LogP contribution in [0, 0.1) is 0 Å². The number of piperazine rings is 1. The normalized spacial score (nSPS) is 15.1. The number of imidazole rings is 1. The topological polar surface area (TPSA) is 76.3 Å². The van der Waals surface area contributed by atoms with Gasteiger partial charge in [-0.15, -0.1) is 0 Å². The van der Waals surface area contributed by atoms with Crippen LogP contribution in [0.4, 0.5) is 0 Å². The molecule has 1 aliphatic rings. The molecular weight excluding hydrogens is 368 g/mol. The Kier molecular flexibility index (Phi) is 5.71. The minimum Gasteiger partial charge on any atom is -0.339 e. The van der Waals surface area contributed by atoms with E-state index in [-0.39, 0.29) is 18.0 Å². The average molecular weight is 394 g/mol. The van der Waals surface area contributed by atoms with E-state index >= 15 is 0 Å². The van der Waals surface area contributed by atoms with Crippen molar-refractivity contribution in [2.45, 2.75) is 26.4 Å². The molecule has 0 aliphatic carbocycles. The molecule has 29 heavy (non-hydrogen) atoms. The van der Waals surface area contributed by atoms with E-state index in [1.165, 1.54) is 10.9 Å². The Balaban J connectivity index is 1.31. The molecule has 3 aromatic rings. The van der Waals surface area contributed by atoms with Gasteiger partial charge in [0.25, 0.3) is 5.56 Å². The molecular formula is C21H26N6O2. The van der Waals surface area contributed by atoms with Crippen LogP contribution in [-0.4, -0.2) is 67.5 Å². The summed E-state index contributed by atoms with van der Waals surface area (Å²) in [5.74, 6) is 1.07. The number of rotatable bonds is 6. The van der Waals surface area contributed by atoms with Crippen molar-refractivity contribution in [1.82, 2.24) is 28.9 Å². The molecule has 0 saturated carbocycles. The van der Waals surface area contributed by atoms with Gasteiger partial charge in [-0.1, -0.05) is 19.1 Å². The van der Waals surface area contributed by atoms with E-state index in [0.29, 0.717) is 24.0 Å². The molecule has 0 unspecified atom stereocenters. The van der Waals surface area contributed by atoms with Gasteiger partial charge in [0, 0.05) is 58.1 Å². The molecule has 0 N–H and O–H groups in total. The Morgan fingerprint density at radius 2 is 1.83 bits per heavy atom. The molecule has 3 heterocycles. The van der Waals surface area contributed by atoms with Gasteiger partial charge in [0.1, 0.15) is 12.4 Å². The van der Waals surface area contributed by atoms with Crippen LogP contribution < -0.4 is 5.56 Å². The van der Waals surface area contributed by atoms with Gasteiger partial charge in [-0.25, -0.2) is 9.97 Å². The lowest BCUT2D eigenvalue weighted by Gasteiger charge is -2.35. The maximum Gasteiger partial charge on any atom is 0.261 e. The molecule has 8 heteroatoms. The largest absolute Gasteiger partial charge is 0.339 e. The number of carbonyl (C=O) groups is 1. The van der Waals surface area contributed by atoms with Crippen molar-refractivity contribution in [2.24, 2.45) is 0 Å². The van der Waals surface area contributed by atoms with Gasteiger partial charge < -0.3 is 9.47 Å². The fourth-order valence-electron chi connectivity index (χ4n) is 3.79. The minimum atomic E-state index is -0.172. The number of para-hydroxylation sites is 1. The van der Waals surface area contributed by atoms with Crippen molar-refractivity contribution in [3.05, 3.63) is 59.2 Å². The zero-order valence-electron chi connectivity index (χ0n) is 16.7. The van der Waals surface area contributed by atoms with Gasteiger partial charge in [-0.3, -0.25) is 19.1 Å². The van der Waals surface area contributed by atoms with Crippen molar-refractivity contribution in [3.63, 3.8) is 0 Å². The van der Waals surface area contributed by atoms with Gasteiger partial charge >= 0.3 is 0 Å². The van der Waals surface area contributed by atoms with Crippen LogP contribution >= 0.6 is 0 Å². The first-order valence-corrected chi connectivity index (χ1v) is 10.1. The third-order valence-electron chi connectivity index (χ3n) is 5.54. The van der Waals surface area contributed by atoms with Crippen LogP contribution in [0.25, 0.3) is 10.9 Å². The first-order valence-electron chi connectivity index (χ1n) is 10.1. The summed E-state index contributed by atoms with van der Waals surface area (Å²) in [7, 11) is 0. The smallest absolute Gasteiger partial charge is 0.261 e. The van der Waals surface area contributed by atoms with E-state index < -0.39 is 0 Å². The number of aromatic nitrogens is 4. The number of aryl methyl sites for hydroxylation is 1. The molecule has 0 bridgehead atoms. The van der Waals surface area contributed by atoms with E-state index in [1.54, 1.807) is 12.1 Å². The summed E-state index contributed by atoms with van der Waals surface area (Å²) in [5, 5.41) is 0.540. The molecule has 0 radical (unpaired) electrons. The number of hydrogen-bond acceptors (Lipinski definition) is 5. The predicted octanol–water partition coefficient (Wildman–Crippen LogP) is 1.000. The number of amides is 1. The highest BCUT2D eigenvalue weighted by molar-refractivity contribution is 5.79. The molecule has 2 aromatic heterocycles. The number of nitrogens with zero attached hydrogens (tertiary/aromatic N) is 6. The quantitative estimate of drug-likeness (QED) is 0.623. The number of benzene rings is 1. The molecule has 0 spiro atoms. The Labute approximate surface area is 169 Å². The summed E-state index contributed by atoms with van der Waals surface area (Å²) in [5.41, 5.74) is 0.480. The van der Waals surface area contributed by atoms with E-state index in [4.69, 9.17) is 0 Å². The Hall–Kier alpha value is -3.00. The SMILES string of the molecule is CCc1nccn1CCN1CCN(C(=O)Cn2cnc3ccccc3c2=O)CC1. The lowest BCUT2D eigenvalue weighted by Crippen LogP contribution is -2.50. The van der Waals surface area contributed by atoms with Crippen molar-refractivity contribution in [3.8, 4) is 0 Å². The monoisotopic (exact) mass is 394 g/mol. The second-order valence-electron chi connectivity index (χ2n) is 7.31. The molecule has 4 rings (SSSR count). The maximum absolute atomic E-state index is 12.7. The van der Waals surface area contributed by atoms with Crippen LogP contribution in [-0.2, 0) is 24.3 Å². The molecule has 0 atom stereocenters. The number of carbonyl (C=O) groups excluding carboxylic acids is 1. The highest BCUT2D eigenvalue weighted by Gasteiger charge is 2.21. The third kappa shape index (κ3) is 4.22. The molecule has 152 valence electrons. The van der Waals surface area contributed by atoms with Gasteiger partial charge in [-0.2, -0.15) is 0 Å². The third-order valence-corrected chi connectivity index (χ3v) is 5.54. The second-order valence-corrected chi connectivity index (χ2v) is 7.31. The van der Waals surface area contributed by atoms with Crippen LogP contribution in [0.15, 0.2) is 47.8 Å². The van der Waals surface area contributed by atoms with Crippen molar-refractivity contribution in [2.75, 3.05) is 32.7 Å². The lowest BCUT2D eigenvalue weighted by molar-refractivity contribution is -0.133. The van der Waals surface area contributed by atoms with Crippen molar-refractivity contribution in [1.29, 1.82) is 0 Å². The highest BCUT2D eigenvalue weighted by Crippen LogP contribution is 2.07. The van der Waals surface area contributed by atoms with Gasteiger partial charge in [0.2, 0.25) is 5.91 Å². The van der Waals surface area contributed by atoms with E-state index in [2.05, 4.69) is 26.4 Å². The van der Waals surface area contributed by atoms with Crippen LogP contribution in [0.3, 0.4) is 0 Å². The summed E-state index contributed by atoms with van der Waals surface area (Å²) in [4.78, 5) is 38.1. The van der Waals surface area contributed by atoms with Gasteiger partial charge in [-0.05, 0) is 12.1 Å². The van der Waals surface area contributed by atoms with Crippen LogP contribution in [0.5, 0.6) is 0 Å². The van der Waals surface area contributed by atoms with Gasteiger partial charge in [0.15, 0.2) is 0 Å². The lowest BCUT2D eigenvalue weighted by atomic mass is 10.2. The summed E-state index contributed by atoms with van der Waals surface area (Å²) in [6.07, 6.45) is 6.26. The number of hydrogen-bond donors (Lipinski definition) is 0. The van der Waals surface area contributed by atoms with Crippen molar-refractivity contribution < 1.29 is 4.79 Å². The maximum atomic E-state index is 12.7. The van der Waals surface area contributed by atoms with Crippen molar-refractivity contribution >= 4 is 16.8 Å². The number of fused-ring (bicyclic) bond motifs is 1. The summed E-state index contributed by atoms with van der Waals surface area (Å²) < 4.78 is 3.60. The van der Waals surface area contributed by atoms with E-state index in [9.17, 15) is 9.59 Å². The fourth-order valence-corrected chi connectivity index (χ4v) is 3.79. The Bertz CT molecular complexity index is 1050. The average Bonchev–Trinajstić information content (AvgIpc) is 3.22. The zero-order chi connectivity index (χ0) is 20.2. The molecule has 1 fully saturated rings. The summed E-state index contributed by atoms with van der Waals surface area (Å²) >= 11 is 0. The Morgan fingerprint density at radius 3 is 2.62 bits per heavy atom. The van der Waals surface area contributed by atoms with E-state index in [0.717, 1.165) is 38.4 Å². The zero-order valence-corrected chi connectivity index (χ0v) is 16.7. The molecule has 1 amide bonds. The standard InChI is InChI=1S/C21H26N6O2/c1-2-19-22-7-8-25(19)12-9-24-10-13-26(14-11-24)20(28)15-27-16-23-18-6-4-3-5-17(18)21(27)29/h3-8,16H,2,9-15H2,1H3. The first kappa shape index (κ1) is 19.3. The molecule has 1 aliphatic heterocycles. The van der Waals surface area contributed by atoms with E-state index in [1.807, 2.05) is 29.4 Å². The fraction of sp³-hybridized carbons (Fsp3) is 0.429. The minimum absolute atomic E-state index is 0.0333. The summed E-state index contributed by atoms with van der Waals surface area (Å²) in [6, 6.07) is 7.20. The second kappa shape index (κ2) is 8.57. The first-order chi connectivity index (χ1) is 14.2. The molecule has 8 nitrogen and oxygen atoms in total. The summed E-state index contributed by atoms with van der Waals surface area (Å²) in [6.45, 7) is 7.04. The molecule has 1 aromatic carbocycles.